The van der Waals surface area contributed by atoms with E-state index in [9.17, 15) is 9.36 Å². The largest absolute Gasteiger partial charge is 0.300 e. The van der Waals surface area contributed by atoms with Crippen LogP contribution in [0.15, 0.2) is 24.3 Å². The third-order valence-electron chi connectivity index (χ3n) is 1.38. The molecule has 1 rings (SSSR count). The molecule has 1 aromatic rings. The molecule has 7 heteroatoms. The van der Waals surface area contributed by atoms with Gasteiger partial charge in [0.15, 0.2) is 0 Å². The molecule has 0 fully saturated rings. The van der Waals surface area contributed by atoms with Crippen LogP contribution in [0.5, 0.6) is 0 Å². The fraction of sp³-hybridized carbons (Fsp3) is 0. The number of nitrogens with two attached hydrogens (primary N) is 2. The van der Waals surface area contributed by atoms with Crippen molar-refractivity contribution < 1.29 is 9.36 Å². The number of carbonyl (C=O) groups is 1. The number of amides is 1. The molecule has 5 N–H and O–H groups in total. The van der Waals surface area contributed by atoms with Crippen molar-refractivity contribution in [3.8, 4) is 0 Å². The standard InChI is InChI=1S/C7H9ClN3O2P/c8-6-3-1-5(2-4-6)7(12)11-14(9,10)13/h1-4H,(H5,9,10,11,12,13). The van der Waals surface area contributed by atoms with Gasteiger partial charge < -0.3 is 0 Å². The molecule has 0 aliphatic rings. The fourth-order valence-electron chi connectivity index (χ4n) is 0.825. The minimum atomic E-state index is -3.53. The van der Waals surface area contributed by atoms with Crippen LogP contribution in [0.25, 0.3) is 0 Å². The van der Waals surface area contributed by atoms with Crippen molar-refractivity contribution in [1.82, 2.24) is 5.09 Å². The normalized spacial score (nSPS) is 11.1. The highest BCUT2D eigenvalue weighted by molar-refractivity contribution is 7.57. The number of halogens is 1. The van der Waals surface area contributed by atoms with Crippen LogP contribution >= 0.6 is 19.2 Å². The van der Waals surface area contributed by atoms with Gasteiger partial charge >= 0.3 is 7.59 Å². The first-order valence-electron chi connectivity index (χ1n) is 3.64. The van der Waals surface area contributed by atoms with Crippen LogP contribution in [0, 0.1) is 0 Å². The fourth-order valence-corrected chi connectivity index (χ4v) is 1.40. The smallest absolute Gasteiger partial charge is 0.279 e. The van der Waals surface area contributed by atoms with Gasteiger partial charge in [-0.05, 0) is 24.3 Å². The lowest BCUT2D eigenvalue weighted by molar-refractivity contribution is 0.0980. The van der Waals surface area contributed by atoms with E-state index in [1.807, 2.05) is 5.09 Å². The summed E-state index contributed by atoms with van der Waals surface area (Å²) in [6.07, 6.45) is 0. The summed E-state index contributed by atoms with van der Waals surface area (Å²) in [5.41, 5.74) is 10.3. The van der Waals surface area contributed by atoms with Crippen LogP contribution in [0.2, 0.25) is 5.02 Å². The van der Waals surface area contributed by atoms with Crippen molar-refractivity contribution >= 4 is 25.1 Å². The van der Waals surface area contributed by atoms with Crippen molar-refractivity contribution in [3.63, 3.8) is 0 Å². The van der Waals surface area contributed by atoms with Gasteiger partial charge in [0.25, 0.3) is 5.91 Å². The molecule has 1 amide bonds. The number of hydrogen-bond donors (Lipinski definition) is 3. The highest BCUT2D eigenvalue weighted by atomic mass is 35.5. The summed E-state index contributed by atoms with van der Waals surface area (Å²) in [4.78, 5) is 11.3. The Morgan fingerprint density at radius 3 is 2.21 bits per heavy atom. The monoisotopic (exact) mass is 233 g/mol. The summed E-state index contributed by atoms with van der Waals surface area (Å²) in [6.45, 7) is 0. The van der Waals surface area contributed by atoms with Crippen molar-refractivity contribution in [2.75, 3.05) is 0 Å². The van der Waals surface area contributed by atoms with Gasteiger partial charge in [-0.25, -0.2) is 0 Å². The van der Waals surface area contributed by atoms with E-state index in [0.29, 0.717) is 10.6 Å². The molecular formula is C7H9ClN3O2P. The second-order valence-electron chi connectivity index (χ2n) is 2.66. The Hall–Kier alpha value is -0.870. The lowest BCUT2D eigenvalue weighted by Gasteiger charge is -2.08. The highest BCUT2D eigenvalue weighted by Crippen LogP contribution is 2.19. The number of benzene rings is 1. The van der Waals surface area contributed by atoms with Crippen LogP contribution in [0.1, 0.15) is 10.4 Å². The van der Waals surface area contributed by atoms with E-state index < -0.39 is 13.5 Å². The lowest BCUT2D eigenvalue weighted by Crippen LogP contribution is -2.28. The van der Waals surface area contributed by atoms with Gasteiger partial charge in [-0.3, -0.25) is 25.5 Å². The van der Waals surface area contributed by atoms with Crippen LogP contribution in [-0.4, -0.2) is 5.91 Å². The predicted octanol–water partition coefficient (Wildman–Crippen LogP) is 1.10. The number of carbonyl (C=O) groups excluding carboxylic acids is 1. The van der Waals surface area contributed by atoms with Gasteiger partial charge in [-0.1, -0.05) is 11.6 Å². The van der Waals surface area contributed by atoms with E-state index in [0.717, 1.165) is 0 Å². The summed E-state index contributed by atoms with van der Waals surface area (Å²) >= 11 is 5.61. The molecule has 0 radical (unpaired) electrons. The highest BCUT2D eigenvalue weighted by Gasteiger charge is 2.13. The Balaban J connectivity index is 2.81. The second kappa shape index (κ2) is 4.11. The molecule has 0 saturated heterocycles. The molecule has 0 saturated carbocycles. The Morgan fingerprint density at radius 1 is 1.29 bits per heavy atom. The summed E-state index contributed by atoms with van der Waals surface area (Å²) < 4.78 is 10.9. The Labute approximate surface area is 85.9 Å². The number of rotatable bonds is 2. The van der Waals surface area contributed by atoms with Crippen LogP contribution in [0.3, 0.4) is 0 Å². The third-order valence-corrected chi connectivity index (χ3v) is 2.19. The van der Waals surface area contributed by atoms with E-state index in [-0.39, 0.29) is 0 Å². The van der Waals surface area contributed by atoms with Crippen molar-refractivity contribution in [2.24, 2.45) is 11.0 Å². The van der Waals surface area contributed by atoms with Crippen molar-refractivity contribution in [1.29, 1.82) is 0 Å². The molecule has 5 nitrogen and oxygen atoms in total. The van der Waals surface area contributed by atoms with Gasteiger partial charge in [-0.2, -0.15) is 0 Å². The Bertz CT molecular complexity index is 386. The summed E-state index contributed by atoms with van der Waals surface area (Å²) in [7, 11) is -3.53. The SMILES string of the molecule is NP(N)(=O)NC(=O)c1ccc(Cl)cc1. The van der Waals surface area contributed by atoms with E-state index in [4.69, 9.17) is 22.6 Å². The average molecular weight is 234 g/mol. The summed E-state index contributed by atoms with van der Waals surface area (Å²) in [6, 6.07) is 6.03. The van der Waals surface area contributed by atoms with Crippen LogP contribution in [0.4, 0.5) is 0 Å². The van der Waals surface area contributed by atoms with Crippen molar-refractivity contribution in [3.05, 3.63) is 34.9 Å². The topological polar surface area (TPSA) is 98.2 Å². The lowest BCUT2D eigenvalue weighted by atomic mass is 10.2. The molecule has 1 aromatic carbocycles. The maximum Gasteiger partial charge on any atom is 0.300 e. The summed E-state index contributed by atoms with van der Waals surface area (Å²) in [5.74, 6) is -0.588. The predicted molar refractivity (Wildman–Crippen MR) is 54.9 cm³/mol. The molecule has 0 heterocycles. The van der Waals surface area contributed by atoms with Crippen molar-refractivity contribution in [2.45, 2.75) is 0 Å². The number of nitrogens with one attached hydrogen (secondary N) is 1. The number of hydrogen-bond acceptors (Lipinski definition) is 2. The van der Waals surface area contributed by atoms with E-state index in [2.05, 4.69) is 0 Å². The quantitative estimate of drug-likeness (QED) is 0.666. The van der Waals surface area contributed by atoms with Crippen LogP contribution < -0.4 is 16.1 Å². The molecule has 0 aromatic heterocycles. The average Bonchev–Trinajstić information content (AvgIpc) is 2.02. The molecule has 0 bridgehead atoms. The maximum atomic E-state index is 11.3. The van der Waals surface area contributed by atoms with E-state index in [1.165, 1.54) is 24.3 Å². The summed E-state index contributed by atoms with van der Waals surface area (Å²) in [5, 5.41) is 2.49. The van der Waals surface area contributed by atoms with E-state index >= 15 is 0 Å². The zero-order chi connectivity index (χ0) is 10.8. The minimum Gasteiger partial charge on any atom is -0.279 e. The van der Waals surface area contributed by atoms with Gasteiger partial charge in [0.2, 0.25) is 0 Å². The first-order chi connectivity index (χ1) is 6.38. The minimum absolute atomic E-state index is 0.297. The van der Waals surface area contributed by atoms with Gasteiger partial charge in [0.1, 0.15) is 0 Å². The molecule has 0 aliphatic carbocycles. The molecular weight excluding hydrogens is 225 g/mol. The molecule has 0 atom stereocenters. The Kier molecular flexibility index (Phi) is 3.29. The zero-order valence-corrected chi connectivity index (χ0v) is 8.76. The van der Waals surface area contributed by atoms with E-state index in [1.54, 1.807) is 0 Å². The second-order valence-corrected chi connectivity index (χ2v) is 4.74. The Morgan fingerprint density at radius 2 is 1.79 bits per heavy atom. The van der Waals surface area contributed by atoms with Gasteiger partial charge in [-0.15, -0.1) is 0 Å². The molecule has 0 unspecified atom stereocenters. The maximum absolute atomic E-state index is 11.3. The first kappa shape index (κ1) is 11.2. The zero-order valence-electron chi connectivity index (χ0n) is 7.11. The third kappa shape index (κ3) is 3.47. The van der Waals surface area contributed by atoms with Crippen LogP contribution in [-0.2, 0) is 4.57 Å². The molecule has 0 spiro atoms. The molecule has 76 valence electrons. The molecule has 14 heavy (non-hydrogen) atoms. The van der Waals surface area contributed by atoms with Gasteiger partial charge in [0.05, 0.1) is 0 Å². The molecule has 0 aliphatic heterocycles. The first-order valence-corrected chi connectivity index (χ1v) is 5.86. The van der Waals surface area contributed by atoms with Gasteiger partial charge in [0, 0.05) is 10.6 Å².